The normalized spacial score (nSPS) is 11.5. The fourth-order valence-electron chi connectivity index (χ4n) is 2.08. The maximum absolute atomic E-state index is 12.2. The molecule has 0 spiro atoms. The summed E-state index contributed by atoms with van der Waals surface area (Å²) in [6, 6.07) is 9.18. The number of amides is 2. The van der Waals surface area contributed by atoms with Crippen molar-refractivity contribution in [3.8, 4) is 0 Å². The third-order valence-electron chi connectivity index (χ3n) is 3.14. The van der Waals surface area contributed by atoms with E-state index in [0.29, 0.717) is 5.95 Å². The van der Waals surface area contributed by atoms with Gasteiger partial charge in [0.25, 0.3) is 5.91 Å². The predicted molar refractivity (Wildman–Crippen MR) is 99.3 cm³/mol. The van der Waals surface area contributed by atoms with E-state index in [1.54, 1.807) is 12.1 Å². The Bertz CT molecular complexity index is 744. The van der Waals surface area contributed by atoms with E-state index in [9.17, 15) is 9.59 Å². The van der Waals surface area contributed by atoms with Crippen LogP contribution in [0.25, 0.3) is 0 Å². The van der Waals surface area contributed by atoms with Crippen molar-refractivity contribution in [3.05, 3.63) is 41.7 Å². The topological polar surface area (TPSA) is 96.0 Å². The molecule has 0 aliphatic rings. The minimum absolute atomic E-state index is 0.118. The molecule has 0 fully saturated rings. The van der Waals surface area contributed by atoms with E-state index < -0.39 is 0 Å². The van der Waals surface area contributed by atoms with Crippen molar-refractivity contribution in [1.29, 1.82) is 0 Å². The van der Waals surface area contributed by atoms with E-state index in [1.807, 2.05) is 39.0 Å². The van der Waals surface area contributed by atoms with Crippen molar-refractivity contribution >= 4 is 35.2 Å². The van der Waals surface area contributed by atoms with Crippen molar-refractivity contribution < 1.29 is 9.59 Å². The Labute approximate surface area is 151 Å². The van der Waals surface area contributed by atoms with Gasteiger partial charge in [0.05, 0.1) is 5.25 Å². The molecule has 1 heterocycles. The number of rotatable bonds is 6. The Hall–Kier alpha value is -2.61. The van der Waals surface area contributed by atoms with E-state index >= 15 is 0 Å². The predicted octanol–water partition coefficient (Wildman–Crippen LogP) is 2.68. The van der Waals surface area contributed by atoms with Crippen LogP contribution in [0.5, 0.6) is 0 Å². The van der Waals surface area contributed by atoms with Crippen LogP contribution >= 0.6 is 11.8 Å². The number of hydrazine groups is 1. The van der Waals surface area contributed by atoms with Crippen LogP contribution in [0, 0.1) is 13.8 Å². The summed E-state index contributed by atoms with van der Waals surface area (Å²) in [7, 11) is 0. The van der Waals surface area contributed by atoms with Gasteiger partial charge >= 0.3 is 0 Å². The van der Waals surface area contributed by atoms with Gasteiger partial charge < -0.3 is 5.32 Å². The van der Waals surface area contributed by atoms with Crippen LogP contribution in [0.1, 0.15) is 25.2 Å². The number of hydrogen-bond acceptors (Lipinski definition) is 6. The summed E-state index contributed by atoms with van der Waals surface area (Å²) in [5.41, 5.74) is 7.73. The Morgan fingerprint density at radius 3 is 2.24 bits per heavy atom. The molecule has 1 aromatic carbocycles. The first-order chi connectivity index (χ1) is 11.8. The zero-order chi connectivity index (χ0) is 18.4. The SMILES string of the molecule is CC(=O)Nc1ccc(S[C@H](C)C(=O)NNc2nc(C)cc(C)n2)cc1. The lowest BCUT2D eigenvalue weighted by Gasteiger charge is -2.13. The fourth-order valence-corrected chi connectivity index (χ4v) is 2.95. The second kappa shape index (κ2) is 8.48. The smallest absolute Gasteiger partial charge is 0.251 e. The molecule has 8 heteroatoms. The fraction of sp³-hybridized carbons (Fsp3) is 0.294. The average Bonchev–Trinajstić information content (AvgIpc) is 2.53. The van der Waals surface area contributed by atoms with Crippen LogP contribution < -0.4 is 16.2 Å². The van der Waals surface area contributed by atoms with E-state index in [-0.39, 0.29) is 17.1 Å². The van der Waals surface area contributed by atoms with Crippen molar-refractivity contribution in [2.75, 3.05) is 10.7 Å². The lowest BCUT2D eigenvalue weighted by molar-refractivity contribution is -0.119. The van der Waals surface area contributed by atoms with Crippen molar-refractivity contribution in [3.63, 3.8) is 0 Å². The first kappa shape index (κ1) is 18.7. The monoisotopic (exact) mass is 359 g/mol. The number of nitrogens with one attached hydrogen (secondary N) is 3. The van der Waals surface area contributed by atoms with Gasteiger partial charge in [0.15, 0.2) is 0 Å². The van der Waals surface area contributed by atoms with Gasteiger partial charge in [-0.3, -0.25) is 20.4 Å². The van der Waals surface area contributed by atoms with Gasteiger partial charge in [-0.15, -0.1) is 11.8 Å². The maximum atomic E-state index is 12.2. The number of nitrogens with zero attached hydrogens (tertiary/aromatic N) is 2. The highest BCUT2D eigenvalue weighted by atomic mass is 32.2. The minimum atomic E-state index is -0.315. The molecule has 0 radical (unpaired) electrons. The van der Waals surface area contributed by atoms with Gasteiger partial charge in [-0.25, -0.2) is 9.97 Å². The molecule has 2 rings (SSSR count). The number of benzene rings is 1. The van der Waals surface area contributed by atoms with E-state index in [2.05, 4.69) is 26.1 Å². The number of carbonyl (C=O) groups excluding carboxylic acids is 2. The van der Waals surface area contributed by atoms with Crippen LogP contribution in [0.3, 0.4) is 0 Å². The van der Waals surface area contributed by atoms with Gasteiger partial charge in [0, 0.05) is 28.9 Å². The van der Waals surface area contributed by atoms with Crippen LogP contribution in [-0.4, -0.2) is 27.0 Å². The molecular formula is C17H21N5O2S. The molecule has 25 heavy (non-hydrogen) atoms. The third kappa shape index (κ3) is 6.07. The zero-order valence-corrected chi connectivity index (χ0v) is 15.4. The lowest BCUT2D eigenvalue weighted by atomic mass is 10.3. The minimum Gasteiger partial charge on any atom is -0.326 e. The standard InChI is InChI=1S/C17H21N5O2S/c1-10-9-11(2)19-17(18-10)22-21-16(24)12(3)25-15-7-5-14(6-8-15)20-13(4)23/h5-9,12H,1-4H3,(H,20,23)(H,21,24)(H,18,19,22)/t12-/m1/s1. The number of anilines is 2. The van der Waals surface area contributed by atoms with Crippen LogP contribution in [-0.2, 0) is 9.59 Å². The Morgan fingerprint density at radius 1 is 1.08 bits per heavy atom. The molecule has 0 unspecified atom stereocenters. The maximum Gasteiger partial charge on any atom is 0.251 e. The van der Waals surface area contributed by atoms with E-state index in [4.69, 9.17) is 0 Å². The highest BCUT2D eigenvalue weighted by Gasteiger charge is 2.14. The molecule has 132 valence electrons. The molecule has 3 N–H and O–H groups in total. The van der Waals surface area contributed by atoms with Crippen molar-refractivity contribution in [2.45, 2.75) is 37.8 Å². The Kier molecular flexibility index (Phi) is 6.35. The summed E-state index contributed by atoms with van der Waals surface area (Å²) in [6.07, 6.45) is 0. The number of aryl methyl sites for hydroxylation is 2. The van der Waals surface area contributed by atoms with E-state index in [1.165, 1.54) is 18.7 Å². The van der Waals surface area contributed by atoms with Gasteiger partial charge in [-0.2, -0.15) is 0 Å². The molecule has 2 aromatic rings. The molecule has 1 aromatic heterocycles. The summed E-state index contributed by atoms with van der Waals surface area (Å²) >= 11 is 1.42. The number of aromatic nitrogens is 2. The molecule has 7 nitrogen and oxygen atoms in total. The molecule has 0 saturated heterocycles. The summed E-state index contributed by atoms with van der Waals surface area (Å²) in [6.45, 7) is 7.00. The second-order valence-electron chi connectivity index (χ2n) is 5.55. The summed E-state index contributed by atoms with van der Waals surface area (Å²) in [5, 5.41) is 2.39. The number of carbonyl (C=O) groups is 2. The van der Waals surface area contributed by atoms with Gasteiger partial charge in [0.2, 0.25) is 11.9 Å². The molecular weight excluding hydrogens is 338 g/mol. The number of thioether (sulfide) groups is 1. The lowest BCUT2D eigenvalue weighted by Crippen LogP contribution is -2.36. The molecule has 1 atom stereocenters. The van der Waals surface area contributed by atoms with Crippen molar-refractivity contribution in [2.24, 2.45) is 0 Å². The summed E-state index contributed by atoms with van der Waals surface area (Å²) in [4.78, 5) is 32.5. The molecule has 0 saturated carbocycles. The van der Waals surface area contributed by atoms with Gasteiger partial charge in [-0.1, -0.05) is 0 Å². The van der Waals surface area contributed by atoms with Crippen LogP contribution in [0.15, 0.2) is 35.2 Å². The average molecular weight is 359 g/mol. The quantitative estimate of drug-likeness (QED) is 0.542. The largest absolute Gasteiger partial charge is 0.326 e. The molecule has 0 bridgehead atoms. The Balaban J connectivity index is 1.88. The zero-order valence-electron chi connectivity index (χ0n) is 14.6. The first-order valence-corrected chi connectivity index (χ1v) is 8.64. The molecule has 2 amide bonds. The summed E-state index contributed by atoms with van der Waals surface area (Å²) in [5.74, 6) is 0.0641. The number of hydrogen-bond donors (Lipinski definition) is 3. The van der Waals surface area contributed by atoms with Gasteiger partial charge in [0.1, 0.15) is 0 Å². The first-order valence-electron chi connectivity index (χ1n) is 7.76. The Morgan fingerprint density at radius 2 is 1.68 bits per heavy atom. The summed E-state index contributed by atoms with van der Waals surface area (Å²) < 4.78 is 0. The van der Waals surface area contributed by atoms with Crippen LogP contribution in [0.2, 0.25) is 0 Å². The third-order valence-corrected chi connectivity index (χ3v) is 4.25. The van der Waals surface area contributed by atoms with Gasteiger partial charge in [-0.05, 0) is 51.1 Å². The van der Waals surface area contributed by atoms with E-state index in [0.717, 1.165) is 22.0 Å². The highest BCUT2D eigenvalue weighted by molar-refractivity contribution is 8.00. The molecule has 0 aliphatic heterocycles. The molecule has 0 aliphatic carbocycles. The van der Waals surface area contributed by atoms with Crippen LogP contribution in [0.4, 0.5) is 11.6 Å². The van der Waals surface area contributed by atoms with Crippen molar-refractivity contribution in [1.82, 2.24) is 15.4 Å². The highest BCUT2D eigenvalue weighted by Crippen LogP contribution is 2.24. The second-order valence-corrected chi connectivity index (χ2v) is 6.97.